The zero-order valence-corrected chi connectivity index (χ0v) is 13.6. The molecule has 0 unspecified atom stereocenters. The molecule has 3 rings (SSSR count). The lowest BCUT2D eigenvalue weighted by Crippen LogP contribution is -2.29. The van der Waals surface area contributed by atoms with E-state index < -0.39 is 5.97 Å². The molecule has 0 radical (unpaired) electrons. The maximum Gasteiger partial charge on any atom is 0.317 e. The van der Waals surface area contributed by atoms with E-state index >= 15 is 0 Å². The van der Waals surface area contributed by atoms with Gasteiger partial charge in [0.15, 0.2) is 11.5 Å². The Morgan fingerprint density at radius 3 is 2.75 bits per heavy atom. The minimum Gasteiger partial charge on any atom is -0.486 e. The number of fused-ring (bicyclic) bond motifs is 1. The third kappa shape index (κ3) is 4.23. The molecule has 1 N–H and O–H groups in total. The van der Waals surface area contributed by atoms with Crippen molar-refractivity contribution in [2.45, 2.75) is 20.0 Å². The fourth-order valence-electron chi connectivity index (χ4n) is 2.73. The number of hydrogen-bond acceptors (Lipinski definition) is 5. The normalized spacial score (nSPS) is 13.1. The van der Waals surface area contributed by atoms with E-state index in [-0.39, 0.29) is 6.54 Å². The van der Waals surface area contributed by atoms with E-state index in [1.165, 1.54) is 0 Å². The maximum absolute atomic E-state index is 11.2. The number of aryl methyl sites for hydroxylation is 1. The Morgan fingerprint density at radius 1 is 1.21 bits per heavy atom. The summed E-state index contributed by atoms with van der Waals surface area (Å²) >= 11 is 0. The van der Waals surface area contributed by atoms with Crippen LogP contribution in [0.2, 0.25) is 0 Å². The van der Waals surface area contributed by atoms with Crippen LogP contribution in [0.1, 0.15) is 16.8 Å². The number of benzene rings is 1. The van der Waals surface area contributed by atoms with Crippen LogP contribution in [0.5, 0.6) is 11.5 Å². The molecule has 0 fully saturated rings. The van der Waals surface area contributed by atoms with E-state index in [1.54, 1.807) is 6.20 Å². The van der Waals surface area contributed by atoms with Crippen molar-refractivity contribution in [3.05, 3.63) is 53.3 Å². The summed E-state index contributed by atoms with van der Waals surface area (Å²) in [7, 11) is 0. The molecule has 0 atom stereocenters. The van der Waals surface area contributed by atoms with Crippen LogP contribution in [0.3, 0.4) is 0 Å². The number of carbonyl (C=O) groups is 1. The lowest BCUT2D eigenvalue weighted by molar-refractivity contribution is -0.138. The van der Waals surface area contributed by atoms with Gasteiger partial charge in [-0.25, -0.2) is 0 Å². The average molecular weight is 328 g/mol. The van der Waals surface area contributed by atoms with Crippen molar-refractivity contribution in [1.29, 1.82) is 0 Å². The standard InChI is InChI=1S/C18H20N2O4/c1-13-3-2-4-14(7-13)10-20(12-18(21)22)11-15-8-16-17(9-19-15)24-6-5-23-16/h2-4,7-9H,5-6,10-12H2,1H3,(H,21,22). The Bertz CT molecular complexity index is 733. The molecule has 0 amide bonds. The van der Waals surface area contributed by atoms with Crippen molar-refractivity contribution < 1.29 is 19.4 Å². The van der Waals surface area contributed by atoms with Crippen LogP contribution in [-0.4, -0.2) is 40.7 Å². The number of aliphatic carboxylic acids is 1. The highest BCUT2D eigenvalue weighted by molar-refractivity contribution is 5.69. The van der Waals surface area contributed by atoms with Gasteiger partial charge in [0, 0.05) is 19.2 Å². The highest BCUT2D eigenvalue weighted by Gasteiger charge is 2.16. The van der Waals surface area contributed by atoms with Gasteiger partial charge in [0.1, 0.15) is 13.2 Å². The van der Waals surface area contributed by atoms with Gasteiger partial charge in [-0.05, 0) is 12.5 Å². The van der Waals surface area contributed by atoms with Crippen molar-refractivity contribution in [1.82, 2.24) is 9.88 Å². The number of ether oxygens (including phenoxy) is 2. The Hall–Kier alpha value is -2.60. The molecule has 6 heteroatoms. The van der Waals surface area contributed by atoms with E-state index in [0.29, 0.717) is 37.8 Å². The molecule has 2 aromatic rings. The van der Waals surface area contributed by atoms with Gasteiger partial charge in [0.2, 0.25) is 0 Å². The third-order valence-electron chi connectivity index (χ3n) is 3.72. The predicted molar refractivity (Wildman–Crippen MR) is 88.2 cm³/mol. The molecule has 6 nitrogen and oxygen atoms in total. The minimum absolute atomic E-state index is 0.0515. The summed E-state index contributed by atoms with van der Waals surface area (Å²) in [4.78, 5) is 17.4. The van der Waals surface area contributed by atoms with Gasteiger partial charge < -0.3 is 14.6 Å². The highest BCUT2D eigenvalue weighted by atomic mass is 16.6. The van der Waals surface area contributed by atoms with E-state index in [0.717, 1.165) is 16.8 Å². The van der Waals surface area contributed by atoms with E-state index in [1.807, 2.05) is 36.1 Å². The molecule has 0 aliphatic carbocycles. The fraction of sp³-hybridized carbons (Fsp3) is 0.333. The van der Waals surface area contributed by atoms with Crippen molar-refractivity contribution >= 4 is 5.97 Å². The van der Waals surface area contributed by atoms with Gasteiger partial charge in [0.25, 0.3) is 0 Å². The van der Waals surface area contributed by atoms with Crippen molar-refractivity contribution in [3.8, 4) is 11.5 Å². The van der Waals surface area contributed by atoms with Crippen molar-refractivity contribution in [3.63, 3.8) is 0 Å². The maximum atomic E-state index is 11.2. The molecule has 0 saturated carbocycles. The Kier molecular flexibility index (Phi) is 4.96. The lowest BCUT2D eigenvalue weighted by atomic mass is 10.1. The molecule has 1 aromatic heterocycles. The number of carboxylic acids is 1. The first-order chi connectivity index (χ1) is 11.6. The highest BCUT2D eigenvalue weighted by Crippen LogP contribution is 2.29. The number of nitrogens with zero attached hydrogens (tertiary/aromatic N) is 2. The Morgan fingerprint density at radius 2 is 2.00 bits per heavy atom. The van der Waals surface area contributed by atoms with Crippen molar-refractivity contribution in [2.75, 3.05) is 19.8 Å². The van der Waals surface area contributed by atoms with Crippen molar-refractivity contribution in [2.24, 2.45) is 0 Å². The minimum atomic E-state index is -0.861. The third-order valence-corrected chi connectivity index (χ3v) is 3.72. The van der Waals surface area contributed by atoms with Crippen LogP contribution in [0.4, 0.5) is 0 Å². The SMILES string of the molecule is Cc1cccc(CN(CC(=O)O)Cc2cc3c(cn2)OCCO3)c1. The monoisotopic (exact) mass is 328 g/mol. The van der Waals surface area contributed by atoms with E-state index in [9.17, 15) is 9.90 Å². The molecule has 1 aliphatic heterocycles. The quantitative estimate of drug-likeness (QED) is 0.877. The number of carboxylic acid groups (broad SMARTS) is 1. The fourth-order valence-corrected chi connectivity index (χ4v) is 2.73. The van der Waals surface area contributed by atoms with Crippen LogP contribution in [0.25, 0.3) is 0 Å². The van der Waals surface area contributed by atoms with Gasteiger partial charge in [-0.2, -0.15) is 0 Å². The largest absolute Gasteiger partial charge is 0.486 e. The molecule has 2 heterocycles. The smallest absolute Gasteiger partial charge is 0.317 e. The van der Waals surface area contributed by atoms with Crippen LogP contribution in [-0.2, 0) is 17.9 Å². The van der Waals surface area contributed by atoms with Gasteiger partial charge in [0.05, 0.1) is 18.4 Å². The van der Waals surface area contributed by atoms with Gasteiger partial charge >= 0.3 is 5.97 Å². The van der Waals surface area contributed by atoms with Gasteiger partial charge in [-0.15, -0.1) is 0 Å². The first-order valence-corrected chi connectivity index (χ1v) is 7.84. The second-order valence-corrected chi connectivity index (χ2v) is 5.85. The molecule has 0 bridgehead atoms. The molecule has 0 saturated heterocycles. The first-order valence-electron chi connectivity index (χ1n) is 7.84. The number of rotatable bonds is 6. The summed E-state index contributed by atoms with van der Waals surface area (Å²) in [6.45, 7) is 3.98. The van der Waals surface area contributed by atoms with Crippen LogP contribution in [0.15, 0.2) is 36.5 Å². The summed E-state index contributed by atoms with van der Waals surface area (Å²) in [6.07, 6.45) is 1.63. The van der Waals surface area contributed by atoms with Crippen LogP contribution in [0, 0.1) is 6.92 Å². The summed E-state index contributed by atoms with van der Waals surface area (Å²) < 4.78 is 11.0. The zero-order valence-electron chi connectivity index (χ0n) is 13.6. The number of aromatic nitrogens is 1. The van der Waals surface area contributed by atoms with Crippen LogP contribution < -0.4 is 9.47 Å². The summed E-state index contributed by atoms with van der Waals surface area (Å²) in [5.74, 6) is 0.436. The van der Waals surface area contributed by atoms with Gasteiger partial charge in [-0.1, -0.05) is 29.8 Å². The topological polar surface area (TPSA) is 71.9 Å². The molecule has 126 valence electrons. The summed E-state index contributed by atoms with van der Waals surface area (Å²) in [5, 5.41) is 9.18. The number of hydrogen-bond donors (Lipinski definition) is 1. The first kappa shape index (κ1) is 16.3. The second-order valence-electron chi connectivity index (χ2n) is 5.85. The summed E-state index contributed by atoms with van der Waals surface area (Å²) in [5.41, 5.74) is 2.99. The second kappa shape index (κ2) is 7.31. The molecule has 1 aromatic carbocycles. The predicted octanol–water partition coefficient (Wildman–Crippen LogP) is 2.25. The molecular formula is C18H20N2O4. The Labute approximate surface area is 140 Å². The summed E-state index contributed by atoms with van der Waals surface area (Å²) in [6, 6.07) is 9.88. The molecule has 24 heavy (non-hydrogen) atoms. The molecule has 1 aliphatic rings. The van der Waals surface area contributed by atoms with Crippen LogP contribution >= 0.6 is 0 Å². The zero-order chi connectivity index (χ0) is 16.9. The lowest BCUT2D eigenvalue weighted by Gasteiger charge is -2.22. The number of pyridine rings is 1. The average Bonchev–Trinajstić information content (AvgIpc) is 2.54. The van der Waals surface area contributed by atoms with E-state index in [2.05, 4.69) is 11.1 Å². The molecular weight excluding hydrogens is 308 g/mol. The molecule has 0 spiro atoms. The Balaban J connectivity index is 1.75. The van der Waals surface area contributed by atoms with E-state index in [4.69, 9.17) is 9.47 Å². The van der Waals surface area contributed by atoms with Gasteiger partial charge in [-0.3, -0.25) is 14.7 Å².